The van der Waals surface area contributed by atoms with Crippen LogP contribution in [-0.4, -0.2) is 38.2 Å². The zero-order valence-corrected chi connectivity index (χ0v) is 13.6. The average Bonchev–Trinajstić information content (AvgIpc) is 3.11. The number of carbonyl (C=O) groups is 1. The summed E-state index contributed by atoms with van der Waals surface area (Å²) in [6, 6.07) is 0. The lowest BCUT2D eigenvalue weighted by Crippen LogP contribution is -2.46. The van der Waals surface area contributed by atoms with E-state index >= 15 is 0 Å². The number of rotatable bonds is 6. The fraction of sp³-hybridized carbons (Fsp3) is 0.933. The quantitative estimate of drug-likeness (QED) is 0.768. The van der Waals surface area contributed by atoms with Gasteiger partial charge in [-0.2, -0.15) is 0 Å². The Bertz CT molecular complexity index is 564. The first-order valence-corrected chi connectivity index (χ1v) is 9.43. The largest absolute Gasteiger partial charge is 0.396 e. The molecule has 21 heavy (non-hydrogen) atoms. The third-order valence-electron chi connectivity index (χ3n) is 6.54. The molecule has 0 radical (unpaired) electrons. The first kappa shape index (κ1) is 15.4. The number of ketones is 1. The molecule has 2 atom stereocenters. The third kappa shape index (κ3) is 2.26. The van der Waals surface area contributed by atoms with Crippen molar-refractivity contribution < 1.29 is 18.3 Å². The molecule has 0 aromatic heterocycles. The number of aliphatic hydroxyl groups is 1. The van der Waals surface area contributed by atoms with Gasteiger partial charge in [-0.15, -0.1) is 0 Å². The van der Waals surface area contributed by atoms with Crippen LogP contribution >= 0.6 is 0 Å². The van der Waals surface area contributed by atoms with Gasteiger partial charge in [0.25, 0.3) is 0 Å². The Hall–Kier alpha value is -0.460. The van der Waals surface area contributed by atoms with Gasteiger partial charge in [-0.3, -0.25) is 4.79 Å². The minimum Gasteiger partial charge on any atom is -0.396 e. The molecule has 0 amide bonds. The molecule has 0 aromatic carbocycles. The fourth-order valence-electron chi connectivity index (χ4n) is 4.31. The lowest BCUT2D eigenvalue weighted by Gasteiger charge is -2.36. The maximum atomic E-state index is 12.4. The summed E-state index contributed by atoms with van der Waals surface area (Å²) in [5, 5.41) is 9.28. The molecule has 0 aromatic rings. The predicted octanol–water partition coefficient (Wildman–Crippen LogP) is 1.07. The third-order valence-corrected chi connectivity index (χ3v) is 7.99. The number of carbonyl (C=O) groups excluding carboxylic acids is 1. The molecule has 2 bridgehead atoms. The van der Waals surface area contributed by atoms with E-state index in [1.807, 2.05) is 13.8 Å². The number of nitrogens with one attached hydrogen (secondary N) is 1. The first-order valence-electron chi connectivity index (χ1n) is 7.78. The van der Waals surface area contributed by atoms with E-state index in [1.165, 1.54) is 0 Å². The highest BCUT2D eigenvalue weighted by Gasteiger charge is 2.65. The van der Waals surface area contributed by atoms with Crippen molar-refractivity contribution in [2.75, 3.05) is 18.9 Å². The molecule has 0 spiro atoms. The van der Waals surface area contributed by atoms with E-state index in [9.17, 15) is 18.3 Å². The molecule has 2 unspecified atom stereocenters. The summed E-state index contributed by atoms with van der Waals surface area (Å²) in [6.45, 7) is 4.40. The maximum absolute atomic E-state index is 12.4. The first-order chi connectivity index (χ1) is 9.66. The molecule has 3 rings (SSSR count). The van der Waals surface area contributed by atoms with Crippen LogP contribution in [0.15, 0.2) is 0 Å². The van der Waals surface area contributed by atoms with Gasteiger partial charge < -0.3 is 5.11 Å². The van der Waals surface area contributed by atoms with E-state index in [0.29, 0.717) is 25.3 Å². The van der Waals surface area contributed by atoms with Crippen LogP contribution in [0, 0.1) is 22.2 Å². The van der Waals surface area contributed by atoms with E-state index in [0.717, 1.165) is 19.3 Å². The lowest BCUT2D eigenvalue weighted by atomic mass is 9.70. The normalized spacial score (nSPS) is 36.1. The summed E-state index contributed by atoms with van der Waals surface area (Å²) in [5.74, 6) is 0.356. The number of hydrogen-bond acceptors (Lipinski definition) is 4. The van der Waals surface area contributed by atoms with Gasteiger partial charge in [-0.1, -0.05) is 13.8 Å². The topological polar surface area (TPSA) is 83.5 Å². The smallest absolute Gasteiger partial charge is 0.212 e. The Kier molecular flexibility index (Phi) is 3.32. The molecule has 0 saturated heterocycles. The van der Waals surface area contributed by atoms with Crippen LogP contribution in [-0.2, 0) is 14.8 Å². The Morgan fingerprint density at radius 1 is 1.29 bits per heavy atom. The number of Topliss-reactive ketones (excluding diaryl/α,β-unsaturated/α-hetero) is 1. The second kappa shape index (κ2) is 4.52. The molecule has 3 fully saturated rings. The summed E-state index contributed by atoms with van der Waals surface area (Å²) in [6.07, 6.45) is 3.90. The van der Waals surface area contributed by atoms with E-state index in [2.05, 4.69) is 4.72 Å². The maximum Gasteiger partial charge on any atom is 0.212 e. The van der Waals surface area contributed by atoms with Crippen molar-refractivity contribution >= 4 is 15.8 Å². The van der Waals surface area contributed by atoms with Crippen LogP contribution in [0.3, 0.4) is 0 Å². The molecule has 0 aliphatic heterocycles. The van der Waals surface area contributed by atoms with Crippen molar-refractivity contribution in [2.24, 2.45) is 22.2 Å². The molecule has 5 nitrogen and oxygen atoms in total. The number of aliphatic hydroxyl groups excluding tert-OH is 1. The van der Waals surface area contributed by atoms with Crippen LogP contribution in [0.2, 0.25) is 0 Å². The highest BCUT2D eigenvalue weighted by molar-refractivity contribution is 7.89. The summed E-state index contributed by atoms with van der Waals surface area (Å²) < 4.78 is 27.5. The van der Waals surface area contributed by atoms with Crippen LogP contribution in [0.25, 0.3) is 0 Å². The van der Waals surface area contributed by atoms with Crippen LogP contribution in [0.5, 0.6) is 0 Å². The molecular weight excluding hydrogens is 290 g/mol. The summed E-state index contributed by atoms with van der Waals surface area (Å²) in [4.78, 5) is 12.4. The molecule has 3 aliphatic carbocycles. The lowest BCUT2D eigenvalue weighted by molar-refractivity contribution is -0.128. The van der Waals surface area contributed by atoms with Crippen molar-refractivity contribution in [1.29, 1.82) is 0 Å². The van der Waals surface area contributed by atoms with Crippen LogP contribution < -0.4 is 4.72 Å². The molecule has 120 valence electrons. The van der Waals surface area contributed by atoms with Crippen molar-refractivity contribution in [1.82, 2.24) is 4.72 Å². The highest BCUT2D eigenvalue weighted by Crippen LogP contribution is 2.64. The van der Waals surface area contributed by atoms with E-state index in [4.69, 9.17) is 0 Å². The average molecular weight is 315 g/mol. The summed E-state index contributed by atoms with van der Waals surface area (Å²) >= 11 is 0. The highest BCUT2D eigenvalue weighted by atomic mass is 32.2. The van der Waals surface area contributed by atoms with Gasteiger partial charge in [0.2, 0.25) is 10.0 Å². The van der Waals surface area contributed by atoms with Crippen molar-refractivity contribution in [3.05, 3.63) is 0 Å². The number of hydrogen-bond donors (Lipinski definition) is 2. The predicted molar refractivity (Wildman–Crippen MR) is 79.1 cm³/mol. The van der Waals surface area contributed by atoms with Gasteiger partial charge >= 0.3 is 0 Å². The monoisotopic (exact) mass is 315 g/mol. The van der Waals surface area contributed by atoms with Gasteiger partial charge in [-0.25, -0.2) is 13.1 Å². The molecule has 2 N–H and O–H groups in total. The van der Waals surface area contributed by atoms with Gasteiger partial charge in [-0.05, 0) is 37.0 Å². The van der Waals surface area contributed by atoms with E-state index in [1.54, 1.807) is 0 Å². The minimum atomic E-state index is -3.50. The van der Waals surface area contributed by atoms with Gasteiger partial charge in [0.05, 0.1) is 5.75 Å². The number of sulfonamides is 1. The van der Waals surface area contributed by atoms with Crippen molar-refractivity contribution in [2.45, 2.75) is 46.0 Å². The second-order valence-corrected chi connectivity index (χ2v) is 9.71. The molecule has 6 heteroatoms. The van der Waals surface area contributed by atoms with Gasteiger partial charge in [0.15, 0.2) is 0 Å². The standard InChI is InChI=1S/C15H25NO4S/c1-13(2)11-3-4-15(13,12(18)7-11)10-21(19,20)16-8-14(9-17)5-6-14/h11,16-17H,3-10H2,1-2H3. The summed E-state index contributed by atoms with van der Waals surface area (Å²) in [5.41, 5.74) is -1.19. The molecule has 3 aliphatic rings. The van der Waals surface area contributed by atoms with Crippen molar-refractivity contribution in [3.63, 3.8) is 0 Å². The SMILES string of the molecule is CC1(C)C2CCC1(CS(=O)(=O)NCC1(CO)CC1)C(=O)C2. The Morgan fingerprint density at radius 2 is 1.95 bits per heavy atom. The molecular formula is C15H25NO4S. The van der Waals surface area contributed by atoms with E-state index in [-0.39, 0.29) is 29.0 Å². The number of fused-ring (bicyclic) bond motifs is 2. The Balaban J connectivity index is 1.74. The molecule has 3 saturated carbocycles. The zero-order chi connectivity index (χ0) is 15.5. The Labute approximate surface area is 126 Å². The fourth-order valence-corrected chi connectivity index (χ4v) is 6.27. The molecule has 0 heterocycles. The van der Waals surface area contributed by atoms with Gasteiger partial charge in [0.1, 0.15) is 5.78 Å². The van der Waals surface area contributed by atoms with Crippen molar-refractivity contribution in [3.8, 4) is 0 Å². The van der Waals surface area contributed by atoms with Gasteiger partial charge in [0, 0.05) is 30.4 Å². The van der Waals surface area contributed by atoms with E-state index < -0.39 is 15.4 Å². The van der Waals surface area contributed by atoms with Crippen LogP contribution in [0.4, 0.5) is 0 Å². The minimum absolute atomic E-state index is 0.0210. The van der Waals surface area contributed by atoms with Crippen LogP contribution in [0.1, 0.15) is 46.0 Å². The Morgan fingerprint density at radius 3 is 2.38 bits per heavy atom. The zero-order valence-electron chi connectivity index (χ0n) is 12.8. The second-order valence-electron chi connectivity index (χ2n) is 7.91. The summed E-state index contributed by atoms with van der Waals surface area (Å²) in [7, 11) is -3.50.